The van der Waals surface area contributed by atoms with Crippen molar-refractivity contribution in [2.45, 2.75) is 32.4 Å². The Hall–Kier alpha value is -1.07. The average Bonchev–Trinajstić information content (AvgIpc) is 2.73. The first kappa shape index (κ1) is 12.0. The van der Waals surface area contributed by atoms with Crippen molar-refractivity contribution in [1.82, 2.24) is 9.55 Å². The number of aromatic nitrogens is 2. The van der Waals surface area contributed by atoms with Crippen molar-refractivity contribution in [1.29, 1.82) is 0 Å². The lowest BCUT2D eigenvalue weighted by molar-refractivity contribution is 0.131. The van der Waals surface area contributed by atoms with E-state index in [2.05, 4.69) is 10.3 Å². The minimum absolute atomic E-state index is 0.115. The molecule has 0 saturated carbocycles. The number of aliphatic hydroxyl groups excluding tert-OH is 2. The minimum Gasteiger partial charge on any atom is -0.394 e. The zero-order chi connectivity index (χ0) is 11.3. The first-order valence-corrected chi connectivity index (χ1v) is 5.22. The molecule has 0 spiro atoms. The molecule has 1 heterocycles. The Morgan fingerprint density at radius 2 is 2.07 bits per heavy atom. The van der Waals surface area contributed by atoms with Gasteiger partial charge in [-0.15, -0.1) is 0 Å². The molecule has 3 N–H and O–H groups in total. The molecule has 1 rings (SSSR count). The number of hydrogen-bond donors (Lipinski definition) is 3. The molecule has 15 heavy (non-hydrogen) atoms. The first-order valence-electron chi connectivity index (χ1n) is 5.22. The third-order valence-electron chi connectivity index (χ3n) is 2.72. The molecule has 0 unspecified atom stereocenters. The Kier molecular flexibility index (Phi) is 4.11. The molecule has 5 nitrogen and oxygen atoms in total. The summed E-state index contributed by atoms with van der Waals surface area (Å²) in [4.78, 5) is 4.15. The van der Waals surface area contributed by atoms with Crippen molar-refractivity contribution in [3.8, 4) is 0 Å². The van der Waals surface area contributed by atoms with E-state index in [1.54, 1.807) is 6.20 Å². The minimum atomic E-state index is -0.682. The van der Waals surface area contributed by atoms with E-state index in [0.717, 1.165) is 6.54 Å². The van der Waals surface area contributed by atoms with Gasteiger partial charge in [0.05, 0.1) is 18.8 Å². The van der Waals surface area contributed by atoms with Gasteiger partial charge in [0, 0.05) is 18.9 Å². The number of imidazole rings is 1. The van der Waals surface area contributed by atoms with Crippen LogP contribution in [0.25, 0.3) is 0 Å². The number of aliphatic hydroxyl groups is 2. The van der Waals surface area contributed by atoms with Crippen LogP contribution in [0.5, 0.6) is 0 Å². The van der Waals surface area contributed by atoms with Gasteiger partial charge in [-0.1, -0.05) is 6.92 Å². The van der Waals surface area contributed by atoms with E-state index < -0.39 is 5.54 Å². The molecule has 0 aliphatic rings. The van der Waals surface area contributed by atoms with Crippen LogP contribution >= 0.6 is 0 Å². The SMILES string of the molecule is CCn1ccnc1NC(CC)(CO)CO. The molecule has 5 heteroatoms. The fraction of sp³-hybridized carbons (Fsp3) is 0.700. The van der Waals surface area contributed by atoms with Gasteiger partial charge in [-0.2, -0.15) is 0 Å². The third kappa shape index (κ3) is 2.49. The molecule has 0 aromatic carbocycles. The van der Waals surface area contributed by atoms with Crippen LogP contribution in [0.3, 0.4) is 0 Å². The van der Waals surface area contributed by atoms with Gasteiger partial charge in [0.2, 0.25) is 5.95 Å². The van der Waals surface area contributed by atoms with Crippen molar-refractivity contribution >= 4 is 5.95 Å². The molecule has 1 aromatic rings. The number of rotatable bonds is 6. The summed E-state index contributed by atoms with van der Waals surface area (Å²) in [6.45, 7) is 4.50. The van der Waals surface area contributed by atoms with Gasteiger partial charge in [0.25, 0.3) is 0 Å². The lowest BCUT2D eigenvalue weighted by Crippen LogP contribution is -2.45. The molecule has 0 aliphatic carbocycles. The summed E-state index contributed by atoms with van der Waals surface area (Å²) in [5.41, 5.74) is -0.682. The van der Waals surface area contributed by atoms with Crippen LogP contribution in [0, 0.1) is 0 Å². The number of aryl methyl sites for hydroxylation is 1. The number of nitrogens with one attached hydrogen (secondary N) is 1. The lowest BCUT2D eigenvalue weighted by Gasteiger charge is -2.30. The maximum absolute atomic E-state index is 9.28. The molecule has 0 bridgehead atoms. The van der Waals surface area contributed by atoms with E-state index >= 15 is 0 Å². The van der Waals surface area contributed by atoms with Crippen molar-refractivity contribution in [2.24, 2.45) is 0 Å². The van der Waals surface area contributed by atoms with Gasteiger partial charge in [0.1, 0.15) is 0 Å². The predicted molar refractivity (Wildman–Crippen MR) is 58.7 cm³/mol. The molecule has 1 aromatic heterocycles. The van der Waals surface area contributed by atoms with E-state index in [0.29, 0.717) is 12.4 Å². The van der Waals surface area contributed by atoms with Gasteiger partial charge in [-0.05, 0) is 13.3 Å². The summed E-state index contributed by atoms with van der Waals surface area (Å²) < 4.78 is 1.93. The van der Waals surface area contributed by atoms with Crippen molar-refractivity contribution in [3.63, 3.8) is 0 Å². The molecule has 0 saturated heterocycles. The van der Waals surface area contributed by atoms with E-state index in [1.807, 2.05) is 24.6 Å². The maximum atomic E-state index is 9.28. The molecule has 0 amide bonds. The second-order valence-corrected chi connectivity index (χ2v) is 3.61. The van der Waals surface area contributed by atoms with E-state index in [9.17, 15) is 10.2 Å². The van der Waals surface area contributed by atoms with Crippen LogP contribution < -0.4 is 5.32 Å². The summed E-state index contributed by atoms with van der Waals surface area (Å²) in [5, 5.41) is 21.7. The number of anilines is 1. The Bertz CT molecular complexity index is 286. The van der Waals surface area contributed by atoms with Crippen LogP contribution in [-0.2, 0) is 6.54 Å². The molecular weight excluding hydrogens is 194 g/mol. The highest BCUT2D eigenvalue weighted by Gasteiger charge is 2.27. The normalized spacial score (nSPS) is 11.7. The van der Waals surface area contributed by atoms with Crippen molar-refractivity contribution in [2.75, 3.05) is 18.5 Å². The standard InChI is InChI=1S/C10H19N3O2/c1-3-10(7-14,8-15)12-9-11-5-6-13(9)4-2/h5-6,14-15H,3-4,7-8H2,1-2H3,(H,11,12). The monoisotopic (exact) mass is 213 g/mol. The molecule has 0 aliphatic heterocycles. The Labute approximate surface area is 89.8 Å². The summed E-state index contributed by atoms with van der Waals surface area (Å²) in [5.74, 6) is 0.683. The molecular formula is C10H19N3O2. The van der Waals surface area contributed by atoms with Crippen LogP contribution in [0.2, 0.25) is 0 Å². The first-order chi connectivity index (χ1) is 7.21. The van der Waals surface area contributed by atoms with Crippen molar-refractivity contribution < 1.29 is 10.2 Å². The Morgan fingerprint density at radius 3 is 2.53 bits per heavy atom. The second kappa shape index (κ2) is 5.14. The van der Waals surface area contributed by atoms with E-state index in [4.69, 9.17) is 0 Å². The highest BCUT2D eigenvalue weighted by Crippen LogP contribution is 2.16. The highest BCUT2D eigenvalue weighted by molar-refractivity contribution is 5.31. The van der Waals surface area contributed by atoms with Crippen LogP contribution in [0.4, 0.5) is 5.95 Å². The average molecular weight is 213 g/mol. The van der Waals surface area contributed by atoms with E-state index in [-0.39, 0.29) is 13.2 Å². The second-order valence-electron chi connectivity index (χ2n) is 3.61. The summed E-state index contributed by atoms with van der Waals surface area (Å²) in [6, 6.07) is 0. The topological polar surface area (TPSA) is 70.3 Å². The largest absolute Gasteiger partial charge is 0.394 e. The predicted octanol–water partition coefficient (Wildman–Crippen LogP) is 0.448. The lowest BCUT2D eigenvalue weighted by atomic mass is 9.99. The fourth-order valence-corrected chi connectivity index (χ4v) is 1.37. The van der Waals surface area contributed by atoms with Crippen LogP contribution in [0.15, 0.2) is 12.4 Å². The smallest absolute Gasteiger partial charge is 0.203 e. The number of nitrogens with zero attached hydrogens (tertiary/aromatic N) is 2. The molecule has 0 atom stereocenters. The van der Waals surface area contributed by atoms with Gasteiger partial charge < -0.3 is 20.1 Å². The quantitative estimate of drug-likeness (QED) is 0.641. The summed E-state index contributed by atoms with van der Waals surface area (Å²) >= 11 is 0. The Balaban J connectivity index is 2.82. The van der Waals surface area contributed by atoms with E-state index in [1.165, 1.54) is 0 Å². The Morgan fingerprint density at radius 1 is 1.40 bits per heavy atom. The highest BCUT2D eigenvalue weighted by atomic mass is 16.3. The van der Waals surface area contributed by atoms with Crippen molar-refractivity contribution in [3.05, 3.63) is 12.4 Å². The maximum Gasteiger partial charge on any atom is 0.203 e. The van der Waals surface area contributed by atoms with Gasteiger partial charge >= 0.3 is 0 Å². The van der Waals surface area contributed by atoms with Gasteiger partial charge in [-0.25, -0.2) is 4.98 Å². The number of hydrogen-bond acceptors (Lipinski definition) is 4. The summed E-state index contributed by atoms with van der Waals surface area (Å²) in [7, 11) is 0. The van der Waals surface area contributed by atoms with Crippen LogP contribution in [-0.4, -0.2) is 38.5 Å². The van der Waals surface area contributed by atoms with Gasteiger partial charge in [-0.3, -0.25) is 0 Å². The molecule has 0 fully saturated rings. The van der Waals surface area contributed by atoms with Crippen LogP contribution in [0.1, 0.15) is 20.3 Å². The fourth-order valence-electron chi connectivity index (χ4n) is 1.37. The molecule has 86 valence electrons. The zero-order valence-electron chi connectivity index (χ0n) is 9.27. The zero-order valence-corrected chi connectivity index (χ0v) is 9.27. The van der Waals surface area contributed by atoms with Gasteiger partial charge in [0.15, 0.2) is 0 Å². The summed E-state index contributed by atoms with van der Waals surface area (Å²) in [6.07, 6.45) is 4.19. The third-order valence-corrected chi connectivity index (χ3v) is 2.72. The molecule has 0 radical (unpaired) electrons.